The molecule has 0 amide bonds. The van der Waals surface area contributed by atoms with Gasteiger partial charge < -0.3 is 0 Å². The summed E-state index contributed by atoms with van der Waals surface area (Å²) in [4.78, 5) is 53.0. The lowest BCUT2D eigenvalue weighted by Gasteiger charge is -2.11. The number of fused-ring (bicyclic) bond motifs is 6. The number of hydrogen-bond donors (Lipinski definition) is 0. The molecule has 0 N–H and O–H groups in total. The molecule has 6 aromatic heterocycles. The lowest BCUT2D eigenvalue weighted by atomic mass is 9.95. The van der Waals surface area contributed by atoms with Crippen molar-refractivity contribution in [3.63, 3.8) is 0 Å². The monoisotopic (exact) mass is 1910 g/mol. The minimum atomic E-state index is 0.650. The van der Waals surface area contributed by atoms with Gasteiger partial charge in [-0.3, -0.25) is 15.0 Å². The Hall–Kier alpha value is -20.3. The molecule has 27 rings (SSSR count). The summed E-state index contributed by atoms with van der Waals surface area (Å²) < 4.78 is 0. The minimum absolute atomic E-state index is 0.650. The third-order valence-electron chi connectivity index (χ3n) is 27.7. The Labute approximate surface area is 868 Å². The molecule has 0 aliphatic heterocycles. The lowest BCUT2D eigenvalue weighted by Crippen LogP contribution is -2.00. The van der Waals surface area contributed by atoms with Crippen LogP contribution in [0.25, 0.3) is 267 Å². The molecule has 702 valence electrons. The highest BCUT2D eigenvalue weighted by Gasteiger charge is 2.20. The average molecular weight is 1920 g/mol. The van der Waals surface area contributed by atoms with Gasteiger partial charge in [-0.05, 0) is 182 Å². The number of rotatable bonds is 18. The predicted molar refractivity (Wildman–Crippen MR) is 618 cm³/mol. The van der Waals surface area contributed by atoms with Crippen LogP contribution in [0.2, 0.25) is 0 Å². The van der Waals surface area contributed by atoms with Crippen LogP contribution >= 0.6 is 0 Å². The Balaban J connectivity index is 0.000000116. The lowest BCUT2D eigenvalue weighted by molar-refractivity contribution is 1.07. The van der Waals surface area contributed by atoms with Crippen LogP contribution in [0.15, 0.2) is 552 Å². The molecule has 150 heavy (non-hydrogen) atoms. The molecule has 11 nitrogen and oxygen atoms in total. The van der Waals surface area contributed by atoms with E-state index in [9.17, 15) is 0 Å². The van der Waals surface area contributed by atoms with Crippen LogP contribution in [-0.2, 0) is 0 Å². The van der Waals surface area contributed by atoms with Crippen LogP contribution < -0.4 is 0 Å². The second kappa shape index (κ2) is 41.2. The summed E-state index contributed by atoms with van der Waals surface area (Å²) in [5.41, 5.74) is 34.7. The molecule has 0 saturated carbocycles. The first kappa shape index (κ1) is 91.0. The Morgan fingerprint density at radius 1 is 0.113 bits per heavy atom. The van der Waals surface area contributed by atoms with Crippen molar-refractivity contribution in [1.29, 1.82) is 0 Å². The highest BCUT2D eigenvalue weighted by Crippen LogP contribution is 2.41. The van der Waals surface area contributed by atoms with Gasteiger partial charge >= 0.3 is 0 Å². The van der Waals surface area contributed by atoms with Gasteiger partial charge in [0.15, 0.2) is 40.8 Å². The van der Waals surface area contributed by atoms with Crippen LogP contribution in [0.1, 0.15) is 0 Å². The van der Waals surface area contributed by atoms with Crippen molar-refractivity contribution in [2.24, 2.45) is 0 Å². The molecule has 21 aromatic carbocycles. The number of benzene rings is 21. The molecular formula is C139H91N11. The molecule has 0 aliphatic carbocycles. The second-order valence-corrected chi connectivity index (χ2v) is 37.2. The molecule has 0 fully saturated rings. The fourth-order valence-electron chi connectivity index (χ4n) is 19.7. The third kappa shape index (κ3) is 19.6. The molecule has 0 atom stereocenters. The van der Waals surface area contributed by atoms with Gasteiger partial charge in [0.2, 0.25) is 0 Å². The van der Waals surface area contributed by atoms with E-state index in [2.05, 4.69) is 367 Å². The Kier molecular flexibility index (Phi) is 25.0. The molecule has 0 spiro atoms. The smallest absolute Gasteiger partial charge is 0.164 e. The third-order valence-corrected chi connectivity index (χ3v) is 27.7. The zero-order chi connectivity index (χ0) is 99.8. The predicted octanol–water partition coefficient (Wildman–Crippen LogP) is 35.3. The molecule has 0 saturated heterocycles. The summed E-state index contributed by atoms with van der Waals surface area (Å²) in [6.45, 7) is 0. The zero-order valence-electron chi connectivity index (χ0n) is 81.5. The molecular weight excluding hydrogens is 1820 g/mol. The Morgan fingerprint density at radius 3 is 0.633 bits per heavy atom. The molecule has 11 heteroatoms. The molecule has 0 bridgehead atoms. The average Bonchev–Trinajstić information content (AvgIpc) is 0.795. The molecule has 0 radical (unpaired) electrons. The van der Waals surface area contributed by atoms with Crippen molar-refractivity contribution in [2.45, 2.75) is 0 Å². The van der Waals surface area contributed by atoms with Crippen molar-refractivity contribution in [3.05, 3.63) is 552 Å². The van der Waals surface area contributed by atoms with Gasteiger partial charge in [0.05, 0.1) is 27.9 Å². The normalized spacial score (nSPS) is 11.2. The number of pyridine rings is 3. The fourth-order valence-corrected chi connectivity index (χ4v) is 19.7. The summed E-state index contributed by atoms with van der Waals surface area (Å²) in [5, 5.41) is 10.7. The Bertz CT molecular complexity index is 9050. The maximum atomic E-state index is 4.99. The topological polar surface area (TPSA) is 142 Å². The quantitative estimate of drug-likeness (QED) is 0.0810. The van der Waals surface area contributed by atoms with Crippen molar-refractivity contribution in [3.8, 4) is 202 Å². The second-order valence-electron chi connectivity index (χ2n) is 37.2. The van der Waals surface area contributed by atoms with E-state index in [-0.39, 0.29) is 0 Å². The maximum Gasteiger partial charge on any atom is 0.164 e. The van der Waals surface area contributed by atoms with Crippen LogP contribution in [0.4, 0.5) is 0 Å². The molecule has 6 heterocycles. The highest BCUT2D eigenvalue weighted by atomic mass is 15.0. The van der Waals surface area contributed by atoms with Gasteiger partial charge in [-0.2, -0.15) is 0 Å². The van der Waals surface area contributed by atoms with Crippen molar-refractivity contribution < 1.29 is 0 Å². The summed E-state index contributed by atoms with van der Waals surface area (Å²) in [7, 11) is 0. The summed E-state index contributed by atoms with van der Waals surface area (Å²) in [6, 6.07) is 186. The van der Waals surface area contributed by atoms with Crippen molar-refractivity contribution in [1.82, 2.24) is 54.8 Å². The minimum Gasteiger partial charge on any atom is -0.256 e. The molecule has 0 unspecified atom stereocenters. The van der Waals surface area contributed by atoms with Crippen LogP contribution in [-0.4, -0.2) is 54.8 Å². The van der Waals surface area contributed by atoms with Crippen LogP contribution in [0, 0.1) is 0 Å². The fraction of sp³-hybridized carbons (Fsp3) is 0. The van der Waals surface area contributed by atoms with Gasteiger partial charge in [0.25, 0.3) is 0 Å². The molecule has 0 aliphatic rings. The zero-order valence-corrected chi connectivity index (χ0v) is 81.5. The Morgan fingerprint density at radius 2 is 0.327 bits per heavy atom. The summed E-state index contributed by atoms with van der Waals surface area (Å²) in [5.74, 6) is 4.65. The van der Waals surface area contributed by atoms with E-state index in [0.29, 0.717) is 34.9 Å². The number of hydrogen-bond acceptors (Lipinski definition) is 11. The van der Waals surface area contributed by atoms with Gasteiger partial charge in [0.1, 0.15) is 0 Å². The van der Waals surface area contributed by atoms with E-state index in [1.54, 1.807) is 0 Å². The van der Waals surface area contributed by atoms with Crippen molar-refractivity contribution >= 4 is 65.0 Å². The van der Waals surface area contributed by atoms with Gasteiger partial charge in [-0.25, -0.2) is 39.9 Å². The summed E-state index contributed by atoms with van der Waals surface area (Å²) >= 11 is 0. The van der Waals surface area contributed by atoms with Gasteiger partial charge in [0, 0.05) is 102 Å². The number of aromatic nitrogens is 11. The van der Waals surface area contributed by atoms with E-state index in [1.807, 2.05) is 201 Å². The van der Waals surface area contributed by atoms with Gasteiger partial charge in [-0.1, -0.05) is 467 Å². The highest BCUT2D eigenvalue weighted by molar-refractivity contribution is 5.99. The van der Waals surface area contributed by atoms with E-state index in [0.717, 1.165) is 144 Å². The van der Waals surface area contributed by atoms with E-state index in [1.165, 1.54) is 88.0 Å². The number of para-hydroxylation sites is 3. The largest absolute Gasteiger partial charge is 0.256 e. The maximum absolute atomic E-state index is 4.99. The first-order chi connectivity index (χ1) is 74.2. The number of nitrogens with zero attached hydrogens (tertiary/aromatic N) is 11. The van der Waals surface area contributed by atoms with Crippen molar-refractivity contribution in [2.75, 3.05) is 0 Å². The first-order valence-electron chi connectivity index (χ1n) is 50.3. The van der Waals surface area contributed by atoms with E-state index >= 15 is 0 Å². The SMILES string of the molecule is c1ccc(-c2cc(-c3ccc(-c4ccc5cc(-c6ccc(-c7cccc8cccnc78)cc6)ccc5c4)cc3)nc(-c3ccccc3)n2)cc1.c1ccc(-c2nc(-c3ccccc3)nc(-c3ccc(-c4ccc5cc(-c6ccc(-c7cccc8cccnc78)cc6)ccc5c4)cc3)n2)cc1.c1ccc(-c2nc(-c3ccccc3)nc(-c3ccc(-c4ccc5cc(-c6ccc(-c7cnc8ccccc8c7)cc6)ccc5c4)cc3)n2)cc1. The van der Waals surface area contributed by atoms with Crippen LogP contribution in [0.5, 0.6) is 0 Å². The van der Waals surface area contributed by atoms with Crippen LogP contribution in [0.3, 0.4) is 0 Å². The first-order valence-corrected chi connectivity index (χ1v) is 50.3. The molecule has 27 aromatic rings. The summed E-state index contributed by atoms with van der Waals surface area (Å²) in [6.07, 6.45) is 5.67. The van der Waals surface area contributed by atoms with E-state index in [4.69, 9.17) is 39.9 Å². The van der Waals surface area contributed by atoms with Gasteiger partial charge in [-0.15, -0.1) is 0 Å². The van der Waals surface area contributed by atoms with E-state index < -0.39 is 0 Å². The standard InChI is InChI=1S/C47H31N3.2C46H30N4/c1-3-9-35(10-4-1)44-31-45(50-47(49-44)38-11-5-2-6-12-38)36-22-18-33(19-23-36)40-25-27-41-29-39(24-26-42(41)30-40)32-16-20-34(21-17-32)43-15-7-13-37-14-8-28-48-46(37)43;1-3-9-35(10-4-1)44-48-45(36-11-5-2-6-12-36)50-46(49-44)37-22-18-32(19-23-37)39-25-27-40-29-38(24-26-41(40)30-39)31-16-20-33(21-17-31)42-15-7-13-34-14-8-28-47-43(34)42;1-3-9-34(10-4-1)44-48-45(35-11-5-2-6-12-35)50-46(49-44)36-21-19-32(20-22-36)38-24-26-39-27-37(23-25-40(39)28-38)31-15-17-33(18-16-31)42-29-41-13-7-8-14-43(41)47-30-42/h1-31H;2*1-30H.